The van der Waals surface area contributed by atoms with Crippen LogP contribution in [0, 0.1) is 11.3 Å². The van der Waals surface area contributed by atoms with Crippen LogP contribution in [-0.4, -0.2) is 16.4 Å². The third-order valence-corrected chi connectivity index (χ3v) is 4.93. The van der Waals surface area contributed by atoms with Crippen LogP contribution in [0.25, 0.3) is 11.3 Å². The van der Waals surface area contributed by atoms with Gasteiger partial charge in [0, 0.05) is 19.0 Å². The molecule has 1 aliphatic rings. The molecule has 0 saturated heterocycles. The van der Waals surface area contributed by atoms with Crippen LogP contribution in [-0.2, 0) is 6.54 Å². The van der Waals surface area contributed by atoms with Crippen molar-refractivity contribution in [2.75, 3.05) is 6.61 Å². The Morgan fingerprint density at radius 2 is 2.12 bits per heavy atom. The first-order valence-corrected chi connectivity index (χ1v) is 9.20. The van der Waals surface area contributed by atoms with Crippen LogP contribution in [0.1, 0.15) is 12.0 Å². The van der Waals surface area contributed by atoms with Gasteiger partial charge in [-0.05, 0) is 28.1 Å². The molecule has 0 bridgehead atoms. The summed E-state index contributed by atoms with van der Waals surface area (Å²) in [7, 11) is 0. The maximum atomic E-state index is 9.89. The average Bonchev–Trinajstić information content (AvgIpc) is 2.97. The summed E-state index contributed by atoms with van der Waals surface area (Å²) in [6.07, 6.45) is 2.51. The second kappa shape index (κ2) is 7.02. The number of aryl methyl sites for hydroxylation is 1. The molecular weight excluding hydrogens is 418 g/mol. The van der Waals surface area contributed by atoms with Crippen LogP contribution < -0.4 is 9.47 Å². The first-order valence-electron chi connectivity index (χ1n) is 8.03. The van der Waals surface area contributed by atoms with E-state index in [9.17, 15) is 5.26 Å². The average molecular weight is 431 g/mol. The van der Waals surface area contributed by atoms with E-state index in [4.69, 9.17) is 21.1 Å². The number of aromatic nitrogens is 2. The van der Waals surface area contributed by atoms with Gasteiger partial charge in [-0.25, -0.2) is 0 Å². The Morgan fingerprint density at radius 1 is 1.31 bits per heavy atom. The van der Waals surface area contributed by atoms with Crippen LogP contribution in [0.2, 0.25) is 5.02 Å². The number of benzene rings is 2. The highest BCUT2D eigenvalue weighted by atomic mass is 79.9. The predicted molar refractivity (Wildman–Crippen MR) is 102 cm³/mol. The lowest BCUT2D eigenvalue weighted by molar-refractivity contribution is 0.295. The summed E-state index contributed by atoms with van der Waals surface area (Å²) in [6.45, 7) is 1.18. The van der Waals surface area contributed by atoms with Gasteiger partial charge in [0.25, 0.3) is 0 Å². The van der Waals surface area contributed by atoms with Gasteiger partial charge in [-0.1, -0.05) is 29.8 Å². The lowest BCUT2D eigenvalue weighted by Gasteiger charge is -2.21. The maximum Gasteiger partial charge on any atom is 0.148 e. The fourth-order valence-electron chi connectivity index (χ4n) is 2.95. The molecule has 0 unspecified atom stereocenters. The number of fused-ring (bicyclic) bond motifs is 3. The standard InChI is InChI=1S/C19H13BrClN3O2/c20-14-11-23-24-7-4-8-25-19-15(21)9-16(13(10-22)17(19)18(14)24)26-12-5-2-1-3-6-12/h1-3,5-6,9,11H,4,7-8H2. The molecule has 7 heteroatoms. The fraction of sp³-hybridized carbons (Fsp3) is 0.158. The van der Waals surface area contributed by atoms with Crippen molar-refractivity contribution in [3.05, 3.63) is 57.7 Å². The van der Waals surface area contributed by atoms with Gasteiger partial charge in [0.15, 0.2) is 0 Å². The summed E-state index contributed by atoms with van der Waals surface area (Å²) in [6, 6.07) is 13.2. The lowest BCUT2D eigenvalue weighted by Crippen LogP contribution is -2.13. The Kier molecular flexibility index (Phi) is 4.58. The van der Waals surface area contributed by atoms with Gasteiger partial charge < -0.3 is 9.47 Å². The number of halogens is 2. The highest BCUT2D eigenvalue weighted by Gasteiger charge is 2.27. The first-order chi connectivity index (χ1) is 12.7. The third kappa shape index (κ3) is 2.94. The molecule has 0 atom stereocenters. The van der Waals surface area contributed by atoms with Crippen molar-refractivity contribution in [2.45, 2.75) is 13.0 Å². The van der Waals surface area contributed by atoms with E-state index in [0.29, 0.717) is 46.5 Å². The molecule has 130 valence electrons. The van der Waals surface area contributed by atoms with Crippen molar-refractivity contribution in [1.82, 2.24) is 9.78 Å². The minimum Gasteiger partial charge on any atom is -0.491 e. The largest absolute Gasteiger partial charge is 0.491 e. The van der Waals surface area contributed by atoms with Crippen LogP contribution in [0.4, 0.5) is 0 Å². The van der Waals surface area contributed by atoms with Gasteiger partial charge in [-0.2, -0.15) is 10.4 Å². The van der Waals surface area contributed by atoms with Gasteiger partial charge >= 0.3 is 0 Å². The SMILES string of the molecule is N#Cc1c(Oc2ccccc2)cc(Cl)c2c1-c1c(Br)cnn1CCCO2. The predicted octanol–water partition coefficient (Wildman–Crippen LogP) is 5.41. The van der Waals surface area contributed by atoms with Crippen LogP contribution in [0.15, 0.2) is 47.1 Å². The van der Waals surface area contributed by atoms with E-state index < -0.39 is 0 Å². The van der Waals surface area contributed by atoms with Gasteiger partial charge in [0.05, 0.1) is 33.6 Å². The molecule has 1 aromatic heterocycles. The molecule has 2 aromatic carbocycles. The summed E-state index contributed by atoms with van der Waals surface area (Å²) in [4.78, 5) is 0. The van der Waals surface area contributed by atoms with Crippen LogP contribution in [0.5, 0.6) is 17.2 Å². The highest BCUT2D eigenvalue weighted by molar-refractivity contribution is 9.10. The summed E-state index contributed by atoms with van der Waals surface area (Å²) in [5.41, 5.74) is 1.71. The van der Waals surface area contributed by atoms with Crippen LogP contribution >= 0.6 is 27.5 Å². The smallest absolute Gasteiger partial charge is 0.148 e. The molecule has 0 amide bonds. The van der Waals surface area contributed by atoms with Gasteiger partial charge in [0.2, 0.25) is 0 Å². The number of hydrogen-bond donors (Lipinski definition) is 0. The zero-order valence-electron chi connectivity index (χ0n) is 13.6. The Bertz CT molecular complexity index is 1010. The van der Waals surface area contributed by atoms with E-state index in [0.717, 1.165) is 16.6 Å². The summed E-state index contributed by atoms with van der Waals surface area (Å²) in [5.74, 6) is 1.48. The van der Waals surface area contributed by atoms with Crippen molar-refractivity contribution in [2.24, 2.45) is 0 Å². The number of rotatable bonds is 2. The molecule has 26 heavy (non-hydrogen) atoms. The minimum atomic E-state index is 0.359. The quantitative estimate of drug-likeness (QED) is 0.545. The van der Waals surface area contributed by atoms with E-state index in [1.165, 1.54) is 0 Å². The molecule has 2 heterocycles. The Balaban J connectivity index is 1.97. The number of nitriles is 1. The normalized spacial score (nSPS) is 12.8. The number of ether oxygens (including phenoxy) is 2. The van der Waals surface area contributed by atoms with Crippen molar-refractivity contribution in [3.8, 4) is 34.6 Å². The van der Waals surface area contributed by atoms with Crippen molar-refractivity contribution >= 4 is 27.5 Å². The third-order valence-electron chi connectivity index (χ3n) is 4.07. The maximum absolute atomic E-state index is 9.89. The molecule has 0 fully saturated rings. The molecule has 4 rings (SSSR count). The summed E-state index contributed by atoms with van der Waals surface area (Å²) >= 11 is 10.0. The molecule has 1 aliphatic heterocycles. The Morgan fingerprint density at radius 3 is 2.88 bits per heavy atom. The lowest BCUT2D eigenvalue weighted by atomic mass is 10.0. The Labute approximate surface area is 163 Å². The summed E-state index contributed by atoms with van der Waals surface area (Å²) in [5, 5.41) is 14.7. The fourth-order valence-corrected chi connectivity index (χ4v) is 3.69. The molecule has 5 nitrogen and oxygen atoms in total. The molecule has 0 spiro atoms. The number of para-hydroxylation sites is 1. The van der Waals surface area contributed by atoms with Crippen LogP contribution in [0.3, 0.4) is 0 Å². The topological polar surface area (TPSA) is 60.1 Å². The minimum absolute atomic E-state index is 0.359. The number of nitrogens with zero attached hydrogens (tertiary/aromatic N) is 3. The van der Waals surface area contributed by atoms with E-state index in [-0.39, 0.29) is 0 Å². The highest BCUT2D eigenvalue weighted by Crippen LogP contribution is 2.47. The van der Waals surface area contributed by atoms with E-state index in [2.05, 4.69) is 27.1 Å². The molecule has 0 N–H and O–H groups in total. The van der Waals surface area contributed by atoms with E-state index >= 15 is 0 Å². The van der Waals surface area contributed by atoms with Crippen molar-refractivity contribution in [3.63, 3.8) is 0 Å². The molecule has 0 saturated carbocycles. The van der Waals surface area contributed by atoms with Gasteiger partial charge in [0.1, 0.15) is 28.9 Å². The molecule has 0 aliphatic carbocycles. The van der Waals surface area contributed by atoms with Gasteiger partial charge in [-0.15, -0.1) is 0 Å². The monoisotopic (exact) mass is 429 g/mol. The number of hydrogen-bond acceptors (Lipinski definition) is 4. The van der Waals surface area contributed by atoms with Gasteiger partial charge in [-0.3, -0.25) is 4.68 Å². The molecular formula is C19H13BrClN3O2. The zero-order chi connectivity index (χ0) is 18.1. The van der Waals surface area contributed by atoms with Crippen molar-refractivity contribution < 1.29 is 9.47 Å². The summed E-state index contributed by atoms with van der Waals surface area (Å²) < 4.78 is 14.5. The van der Waals surface area contributed by atoms with Crippen molar-refractivity contribution in [1.29, 1.82) is 5.26 Å². The Hall–Kier alpha value is -2.49. The molecule has 3 aromatic rings. The first kappa shape index (κ1) is 17.0. The zero-order valence-corrected chi connectivity index (χ0v) is 15.9. The van der Waals surface area contributed by atoms with E-state index in [1.54, 1.807) is 12.3 Å². The second-order valence-electron chi connectivity index (χ2n) is 5.73. The van der Waals surface area contributed by atoms with E-state index in [1.807, 2.05) is 35.0 Å². The molecule has 0 radical (unpaired) electrons. The second-order valence-corrected chi connectivity index (χ2v) is 6.99.